The van der Waals surface area contributed by atoms with Gasteiger partial charge >= 0.3 is 6.09 Å². The molecule has 2 N–H and O–H groups in total. The number of nitrogens with one attached hydrogen (secondary N) is 2. The normalized spacial score (nSPS) is 13.8. The highest BCUT2D eigenvalue weighted by molar-refractivity contribution is 5.99. The monoisotopic (exact) mass is 523 g/mol. The van der Waals surface area contributed by atoms with E-state index in [0.717, 1.165) is 11.1 Å². The van der Waals surface area contributed by atoms with Gasteiger partial charge in [0.1, 0.15) is 17.7 Å². The Morgan fingerprint density at radius 3 is 2.08 bits per heavy atom. The summed E-state index contributed by atoms with van der Waals surface area (Å²) in [4.78, 5) is 42.6. The first-order valence-corrected chi connectivity index (χ1v) is 13.5. The van der Waals surface area contributed by atoms with Gasteiger partial charge in [0.15, 0.2) is 0 Å². The summed E-state index contributed by atoms with van der Waals surface area (Å²) < 4.78 is 5.46. The molecule has 2 rings (SSSR count). The van der Waals surface area contributed by atoms with Gasteiger partial charge in [-0.2, -0.15) is 0 Å². The Morgan fingerprint density at radius 1 is 0.947 bits per heavy atom. The molecular weight excluding hydrogens is 478 g/mol. The van der Waals surface area contributed by atoms with Crippen molar-refractivity contribution < 1.29 is 19.1 Å². The van der Waals surface area contributed by atoms with Gasteiger partial charge in [-0.05, 0) is 77.5 Å². The molecule has 7 nitrogen and oxygen atoms in total. The second kappa shape index (κ2) is 13.4. The second-order valence-corrected chi connectivity index (χ2v) is 11.4. The molecule has 2 aromatic carbocycles. The maximum absolute atomic E-state index is 14.3. The van der Waals surface area contributed by atoms with Crippen LogP contribution in [0.1, 0.15) is 84.0 Å². The van der Waals surface area contributed by atoms with Crippen LogP contribution in [0.4, 0.5) is 10.5 Å². The van der Waals surface area contributed by atoms with Gasteiger partial charge in [-0.3, -0.25) is 9.59 Å². The average Bonchev–Trinajstić information content (AvgIpc) is 2.82. The van der Waals surface area contributed by atoms with Gasteiger partial charge in [0.05, 0.1) is 0 Å². The van der Waals surface area contributed by atoms with Gasteiger partial charge in [0.2, 0.25) is 5.91 Å². The first kappa shape index (κ1) is 30.9. The van der Waals surface area contributed by atoms with E-state index >= 15 is 0 Å². The summed E-state index contributed by atoms with van der Waals surface area (Å²) in [5, 5.41) is 5.84. The van der Waals surface area contributed by atoms with Crippen LogP contribution in [0.5, 0.6) is 0 Å². The fourth-order valence-electron chi connectivity index (χ4n) is 4.22. The summed E-state index contributed by atoms with van der Waals surface area (Å²) in [6.07, 6.45) is 0.384. The third-order valence-electron chi connectivity index (χ3n) is 6.34. The van der Waals surface area contributed by atoms with Crippen LogP contribution < -0.4 is 10.6 Å². The van der Waals surface area contributed by atoms with Gasteiger partial charge in [-0.15, -0.1) is 0 Å². The predicted molar refractivity (Wildman–Crippen MR) is 153 cm³/mol. The summed E-state index contributed by atoms with van der Waals surface area (Å²) in [5.41, 5.74) is 2.67. The van der Waals surface area contributed by atoms with E-state index in [2.05, 4.69) is 10.6 Å². The van der Waals surface area contributed by atoms with Crippen LogP contribution >= 0.6 is 0 Å². The summed E-state index contributed by atoms with van der Waals surface area (Å²) in [6, 6.07) is 13.2. The van der Waals surface area contributed by atoms with Gasteiger partial charge in [0.25, 0.3) is 5.91 Å². The Kier molecular flexibility index (Phi) is 10.9. The van der Waals surface area contributed by atoms with Crippen molar-refractivity contribution in [3.05, 3.63) is 65.2 Å². The number of rotatable bonds is 10. The standard InChI is InChI=1S/C31H45N3O4/c1-10-23(6)34(29(36)26(19-20(2)3)33-30(37)38-31(7,8)9)27(24-17-15-21(4)16-18-24)28(35)32-25-14-12-11-13-22(25)5/h11-18,20,23,26-27H,10,19H2,1-9H3,(H,32,35)(H,33,37). The zero-order chi connectivity index (χ0) is 28.6. The second-order valence-electron chi connectivity index (χ2n) is 11.4. The van der Waals surface area contributed by atoms with Crippen LogP contribution in [0, 0.1) is 19.8 Å². The highest BCUT2D eigenvalue weighted by atomic mass is 16.6. The number of benzene rings is 2. The van der Waals surface area contributed by atoms with Crippen LogP contribution in [-0.4, -0.2) is 40.5 Å². The number of nitrogens with zero attached hydrogens (tertiary/aromatic N) is 1. The summed E-state index contributed by atoms with van der Waals surface area (Å²) in [5.74, 6) is -0.502. The minimum Gasteiger partial charge on any atom is -0.444 e. The van der Waals surface area contributed by atoms with E-state index < -0.39 is 23.8 Å². The molecular formula is C31H45N3O4. The number of carbonyl (C=O) groups is 3. The van der Waals surface area contributed by atoms with Crippen molar-refractivity contribution in [2.24, 2.45) is 5.92 Å². The topological polar surface area (TPSA) is 87.7 Å². The Morgan fingerprint density at radius 2 is 1.55 bits per heavy atom. The quantitative estimate of drug-likeness (QED) is 0.370. The number of anilines is 1. The molecule has 0 saturated heterocycles. The Labute approximate surface area is 228 Å². The summed E-state index contributed by atoms with van der Waals surface area (Å²) >= 11 is 0. The highest BCUT2D eigenvalue weighted by Crippen LogP contribution is 2.29. The number of alkyl carbamates (subject to hydrolysis) is 1. The van der Waals surface area contributed by atoms with E-state index in [0.29, 0.717) is 24.1 Å². The molecule has 0 spiro atoms. The number of para-hydroxylation sites is 1. The molecule has 0 aliphatic rings. The molecule has 3 unspecified atom stereocenters. The zero-order valence-corrected chi connectivity index (χ0v) is 24.4. The van der Waals surface area contributed by atoms with Gasteiger partial charge in [0, 0.05) is 11.7 Å². The first-order chi connectivity index (χ1) is 17.7. The van der Waals surface area contributed by atoms with Crippen LogP contribution in [0.2, 0.25) is 0 Å². The number of hydrogen-bond acceptors (Lipinski definition) is 4. The minimum atomic E-state index is -0.896. The molecule has 0 aliphatic carbocycles. The number of amides is 3. The van der Waals surface area contributed by atoms with Gasteiger partial charge in [-0.1, -0.05) is 68.8 Å². The fourth-order valence-corrected chi connectivity index (χ4v) is 4.22. The van der Waals surface area contributed by atoms with E-state index in [1.165, 1.54) is 0 Å². The van der Waals surface area contributed by atoms with Gasteiger partial charge < -0.3 is 20.3 Å². The van der Waals surface area contributed by atoms with Crippen molar-refractivity contribution in [3.8, 4) is 0 Å². The van der Waals surface area contributed by atoms with Crippen molar-refractivity contribution in [1.29, 1.82) is 0 Å². The number of ether oxygens (including phenoxy) is 1. The van der Waals surface area contributed by atoms with Crippen LogP contribution in [-0.2, 0) is 14.3 Å². The molecule has 7 heteroatoms. The lowest BCUT2D eigenvalue weighted by Gasteiger charge is -2.38. The van der Waals surface area contributed by atoms with E-state index in [-0.39, 0.29) is 23.8 Å². The molecule has 0 aromatic heterocycles. The Balaban J connectivity index is 2.56. The van der Waals surface area contributed by atoms with Crippen molar-refractivity contribution in [1.82, 2.24) is 10.2 Å². The highest BCUT2D eigenvalue weighted by Gasteiger charge is 2.38. The molecule has 2 aromatic rings. The minimum absolute atomic E-state index is 0.122. The van der Waals surface area contributed by atoms with Crippen molar-refractivity contribution in [2.75, 3.05) is 5.32 Å². The number of hydrogen-bond donors (Lipinski definition) is 2. The Hall–Kier alpha value is -3.35. The third kappa shape index (κ3) is 8.89. The van der Waals surface area contributed by atoms with Crippen molar-refractivity contribution in [2.45, 2.75) is 98.9 Å². The summed E-state index contributed by atoms with van der Waals surface area (Å²) in [6.45, 7) is 17.1. The maximum atomic E-state index is 14.3. The zero-order valence-electron chi connectivity index (χ0n) is 24.4. The molecule has 208 valence electrons. The molecule has 3 atom stereocenters. The molecule has 3 amide bonds. The Bertz CT molecular complexity index is 1090. The predicted octanol–water partition coefficient (Wildman–Crippen LogP) is 6.55. The largest absolute Gasteiger partial charge is 0.444 e. The van der Waals surface area contributed by atoms with E-state index in [4.69, 9.17) is 4.74 Å². The SMILES string of the molecule is CCC(C)N(C(=O)C(CC(C)C)NC(=O)OC(C)(C)C)C(C(=O)Nc1ccccc1C)c1ccc(C)cc1. The number of aryl methyl sites for hydroxylation is 2. The molecule has 0 fully saturated rings. The van der Waals surface area contributed by atoms with Crippen molar-refractivity contribution >= 4 is 23.6 Å². The lowest BCUT2D eigenvalue weighted by molar-refractivity contribution is -0.143. The van der Waals surface area contributed by atoms with Crippen LogP contribution in [0.25, 0.3) is 0 Å². The maximum Gasteiger partial charge on any atom is 0.408 e. The molecule has 0 heterocycles. The van der Waals surface area contributed by atoms with Crippen LogP contribution in [0.15, 0.2) is 48.5 Å². The molecule has 0 saturated carbocycles. The lowest BCUT2D eigenvalue weighted by Crippen LogP contribution is -2.55. The van der Waals surface area contributed by atoms with E-state index in [9.17, 15) is 14.4 Å². The smallest absolute Gasteiger partial charge is 0.408 e. The van der Waals surface area contributed by atoms with E-state index in [1.54, 1.807) is 25.7 Å². The molecule has 0 radical (unpaired) electrons. The fraction of sp³-hybridized carbons (Fsp3) is 0.516. The average molecular weight is 524 g/mol. The van der Waals surface area contributed by atoms with E-state index in [1.807, 2.05) is 90.1 Å². The number of carbonyl (C=O) groups excluding carboxylic acids is 3. The molecule has 0 aliphatic heterocycles. The molecule has 38 heavy (non-hydrogen) atoms. The van der Waals surface area contributed by atoms with Gasteiger partial charge in [-0.25, -0.2) is 4.79 Å². The first-order valence-electron chi connectivity index (χ1n) is 13.5. The summed E-state index contributed by atoms with van der Waals surface area (Å²) in [7, 11) is 0. The van der Waals surface area contributed by atoms with Crippen LogP contribution in [0.3, 0.4) is 0 Å². The lowest BCUT2D eigenvalue weighted by atomic mass is 9.96. The third-order valence-corrected chi connectivity index (χ3v) is 6.34. The molecule has 0 bridgehead atoms. The van der Waals surface area contributed by atoms with Crippen molar-refractivity contribution in [3.63, 3.8) is 0 Å².